The average Bonchev–Trinajstić information content (AvgIpc) is 2.83. The van der Waals surface area contributed by atoms with Gasteiger partial charge in [0.15, 0.2) is 0 Å². The summed E-state index contributed by atoms with van der Waals surface area (Å²) in [5, 5.41) is 6.22. The summed E-state index contributed by atoms with van der Waals surface area (Å²) in [5.41, 5.74) is 4.63. The van der Waals surface area contributed by atoms with Crippen molar-refractivity contribution in [3.05, 3.63) is 96.6 Å². The molecule has 30 heavy (non-hydrogen) atoms. The number of nitrogens with zero attached hydrogens (tertiary/aromatic N) is 4. The molecule has 0 bridgehead atoms. The van der Waals surface area contributed by atoms with Crippen LogP contribution in [0.25, 0.3) is 22.5 Å². The van der Waals surface area contributed by atoms with Crippen LogP contribution in [-0.2, 0) is 0 Å². The fraction of sp³-hybridized carbons (Fsp3) is 0.0800. The first-order chi connectivity index (χ1) is 14.7. The summed E-state index contributed by atoms with van der Waals surface area (Å²) >= 11 is 0. The van der Waals surface area contributed by atoms with Gasteiger partial charge in [0.2, 0.25) is 5.95 Å². The Morgan fingerprint density at radius 1 is 0.767 bits per heavy atom. The van der Waals surface area contributed by atoms with E-state index in [1.165, 1.54) is 0 Å². The van der Waals surface area contributed by atoms with Crippen molar-refractivity contribution >= 4 is 12.2 Å². The van der Waals surface area contributed by atoms with E-state index in [1.54, 1.807) is 18.3 Å². The molecule has 0 saturated heterocycles. The second kappa shape index (κ2) is 9.01. The van der Waals surface area contributed by atoms with Crippen LogP contribution in [-0.4, -0.2) is 30.3 Å². The predicted octanol–water partition coefficient (Wildman–Crippen LogP) is 5.29. The van der Waals surface area contributed by atoms with Gasteiger partial charge in [-0.2, -0.15) is 5.10 Å². The molecule has 3 aromatic carbocycles. The third kappa shape index (κ3) is 4.36. The van der Waals surface area contributed by atoms with Gasteiger partial charge < -0.3 is 4.74 Å². The van der Waals surface area contributed by atoms with E-state index in [1.807, 2.05) is 98.0 Å². The van der Waals surface area contributed by atoms with Gasteiger partial charge in [-0.25, -0.2) is 15.0 Å². The zero-order valence-electron chi connectivity index (χ0n) is 16.9. The van der Waals surface area contributed by atoms with Gasteiger partial charge >= 0.3 is 0 Å². The Balaban J connectivity index is 1.74. The first-order valence-electron chi connectivity index (χ1n) is 9.65. The van der Waals surface area contributed by atoms with Gasteiger partial charge in [0.1, 0.15) is 5.75 Å². The monoisotopic (exact) mass is 394 g/mol. The van der Waals surface area contributed by atoms with E-state index in [-0.39, 0.29) is 0 Å². The topological polar surface area (TPSA) is 50.6 Å². The smallest absolute Gasteiger partial charge is 0.247 e. The lowest BCUT2D eigenvalue weighted by Crippen LogP contribution is -2.13. The minimum atomic E-state index is 0.515. The molecule has 148 valence electrons. The van der Waals surface area contributed by atoms with Gasteiger partial charge in [-0.05, 0) is 18.2 Å². The van der Waals surface area contributed by atoms with Crippen LogP contribution in [0.5, 0.6) is 5.75 Å². The first kappa shape index (κ1) is 19.3. The number of para-hydroxylation sites is 1. The lowest BCUT2D eigenvalue weighted by Gasteiger charge is -2.14. The molecule has 1 aromatic heterocycles. The number of ether oxygens (including phenoxy) is 1. The van der Waals surface area contributed by atoms with Gasteiger partial charge in [0.25, 0.3) is 0 Å². The van der Waals surface area contributed by atoms with Crippen molar-refractivity contribution in [2.24, 2.45) is 5.10 Å². The summed E-state index contributed by atoms with van der Waals surface area (Å²) in [6.07, 6.45) is 1.75. The molecule has 5 heteroatoms. The maximum atomic E-state index is 5.40. The Morgan fingerprint density at radius 2 is 1.30 bits per heavy atom. The van der Waals surface area contributed by atoms with Crippen molar-refractivity contribution in [1.82, 2.24) is 9.97 Å². The van der Waals surface area contributed by atoms with Gasteiger partial charge in [-0.15, -0.1) is 0 Å². The van der Waals surface area contributed by atoms with Crippen LogP contribution < -0.4 is 9.75 Å². The molecule has 0 saturated carbocycles. The Labute approximate surface area is 176 Å². The van der Waals surface area contributed by atoms with Crippen LogP contribution in [0, 0.1) is 0 Å². The number of benzene rings is 3. The summed E-state index contributed by atoms with van der Waals surface area (Å²) in [6.45, 7) is 0. The van der Waals surface area contributed by atoms with E-state index < -0.39 is 0 Å². The van der Waals surface area contributed by atoms with Crippen LogP contribution in [0.15, 0.2) is 96.1 Å². The zero-order valence-corrected chi connectivity index (χ0v) is 16.9. The molecule has 1 heterocycles. The number of rotatable bonds is 6. The molecule has 0 aliphatic carbocycles. The van der Waals surface area contributed by atoms with E-state index in [0.717, 1.165) is 33.8 Å². The fourth-order valence-electron chi connectivity index (χ4n) is 3.07. The van der Waals surface area contributed by atoms with Crippen LogP contribution in [0.2, 0.25) is 0 Å². The summed E-state index contributed by atoms with van der Waals surface area (Å²) < 4.78 is 5.40. The van der Waals surface area contributed by atoms with Gasteiger partial charge in [0.05, 0.1) is 24.7 Å². The SMILES string of the molecule is COc1ccccc1/C=N\N(C)c1nc(-c2ccccc2)cc(-c2ccccc2)n1. The zero-order chi connectivity index (χ0) is 20.8. The van der Waals surface area contributed by atoms with Gasteiger partial charge in [0, 0.05) is 23.7 Å². The Kier molecular flexibility index (Phi) is 5.80. The lowest BCUT2D eigenvalue weighted by atomic mass is 10.1. The molecule has 0 spiro atoms. The van der Waals surface area contributed by atoms with Crippen LogP contribution in [0.4, 0.5) is 5.95 Å². The number of aromatic nitrogens is 2. The van der Waals surface area contributed by atoms with E-state index in [4.69, 9.17) is 14.7 Å². The van der Waals surface area contributed by atoms with Gasteiger partial charge in [-0.3, -0.25) is 0 Å². The highest BCUT2D eigenvalue weighted by Gasteiger charge is 2.11. The van der Waals surface area contributed by atoms with Crippen molar-refractivity contribution in [3.63, 3.8) is 0 Å². The summed E-state index contributed by atoms with van der Waals surface area (Å²) in [6, 6.07) is 29.9. The van der Waals surface area contributed by atoms with Crippen molar-refractivity contribution in [1.29, 1.82) is 0 Å². The lowest BCUT2D eigenvalue weighted by molar-refractivity contribution is 0.414. The van der Waals surface area contributed by atoms with E-state index in [2.05, 4.69) is 5.10 Å². The molecule has 0 radical (unpaired) electrons. The third-order valence-corrected chi connectivity index (χ3v) is 4.65. The maximum absolute atomic E-state index is 5.40. The summed E-state index contributed by atoms with van der Waals surface area (Å²) in [4.78, 5) is 9.51. The van der Waals surface area contributed by atoms with Crippen LogP contribution in [0.1, 0.15) is 5.56 Å². The summed E-state index contributed by atoms with van der Waals surface area (Å²) in [7, 11) is 3.49. The highest BCUT2D eigenvalue weighted by molar-refractivity contribution is 5.84. The standard InChI is InChI=1S/C25H22N4O/c1-29(26-18-21-15-9-10-16-24(21)30-2)25-27-22(19-11-5-3-6-12-19)17-23(28-25)20-13-7-4-8-14-20/h3-18H,1-2H3/b26-18-. The molecule has 0 fully saturated rings. The molecule has 0 atom stereocenters. The van der Waals surface area contributed by atoms with Crippen LogP contribution >= 0.6 is 0 Å². The molecule has 5 nitrogen and oxygen atoms in total. The van der Waals surface area contributed by atoms with Crippen molar-refractivity contribution < 1.29 is 4.74 Å². The second-order valence-electron chi connectivity index (χ2n) is 6.68. The number of hydrogen-bond donors (Lipinski definition) is 0. The number of hydrogen-bond acceptors (Lipinski definition) is 5. The largest absolute Gasteiger partial charge is 0.496 e. The molecule has 4 rings (SSSR count). The maximum Gasteiger partial charge on any atom is 0.247 e. The number of anilines is 1. The third-order valence-electron chi connectivity index (χ3n) is 4.65. The molecule has 0 N–H and O–H groups in total. The Bertz CT molecular complexity index is 1090. The molecule has 0 aliphatic rings. The molecular formula is C25H22N4O. The summed E-state index contributed by atoms with van der Waals surface area (Å²) in [5.74, 6) is 1.28. The molecule has 4 aromatic rings. The minimum Gasteiger partial charge on any atom is -0.496 e. The average molecular weight is 394 g/mol. The molecular weight excluding hydrogens is 372 g/mol. The molecule has 0 amide bonds. The highest BCUT2D eigenvalue weighted by atomic mass is 16.5. The van der Waals surface area contributed by atoms with Crippen molar-refractivity contribution in [2.45, 2.75) is 0 Å². The Hall–Kier alpha value is -3.99. The van der Waals surface area contributed by atoms with E-state index >= 15 is 0 Å². The Morgan fingerprint density at radius 3 is 1.87 bits per heavy atom. The van der Waals surface area contributed by atoms with E-state index in [9.17, 15) is 0 Å². The normalized spacial score (nSPS) is 10.9. The quantitative estimate of drug-likeness (QED) is 0.329. The van der Waals surface area contributed by atoms with Gasteiger partial charge in [-0.1, -0.05) is 72.8 Å². The highest BCUT2D eigenvalue weighted by Crippen LogP contribution is 2.26. The van der Waals surface area contributed by atoms with Crippen molar-refractivity contribution in [3.8, 4) is 28.3 Å². The van der Waals surface area contributed by atoms with Crippen LogP contribution in [0.3, 0.4) is 0 Å². The van der Waals surface area contributed by atoms with E-state index in [0.29, 0.717) is 5.95 Å². The predicted molar refractivity (Wildman–Crippen MR) is 122 cm³/mol. The fourth-order valence-corrected chi connectivity index (χ4v) is 3.07. The first-order valence-corrected chi connectivity index (χ1v) is 9.65. The number of methoxy groups -OCH3 is 1. The second-order valence-corrected chi connectivity index (χ2v) is 6.68. The minimum absolute atomic E-state index is 0.515. The molecule has 0 unspecified atom stereocenters. The molecule has 0 aliphatic heterocycles. The number of hydrazone groups is 1. The van der Waals surface area contributed by atoms with Crippen molar-refractivity contribution in [2.75, 3.05) is 19.2 Å².